The smallest absolute Gasteiger partial charge is 0.409 e. The molecule has 10 heteroatoms. The number of sulfonamides is 1. The second-order valence-electron chi connectivity index (χ2n) is 5.97. The van der Waals surface area contributed by atoms with Gasteiger partial charge in [-0.15, -0.1) is 0 Å². The number of nitrogens with zero attached hydrogens (tertiary/aromatic N) is 1. The van der Waals surface area contributed by atoms with Crippen LogP contribution in [-0.2, 0) is 19.6 Å². The first-order valence-corrected chi connectivity index (χ1v) is 10.4. The van der Waals surface area contributed by atoms with E-state index in [2.05, 4.69) is 30.7 Å². The van der Waals surface area contributed by atoms with E-state index in [9.17, 15) is 18.0 Å². The van der Waals surface area contributed by atoms with Crippen molar-refractivity contribution in [1.29, 1.82) is 0 Å². The van der Waals surface area contributed by atoms with E-state index in [1.807, 2.05) is 0 Å². The summed E-state index contributed by atoms with van der Waals surface area (Å²) >= 11 is 3.29. The van der Waals surface area contributed by atoms with Crippen LogP contribution in [0.2, 0.25) is 0 Å². The molecule has 0 aliphatic rings. The Hall–Kier alpha value is -2.59. The molecule has 2 amide bonds. The first kappa shape index (κ1) is 21.7. The maximum atomic E-state index is 12.7. The molecule has 28 heavy (non-hydrogen) atoms. The fraction of sp³-hybridized carbons (Fsp3) is 0.222. The van der Waals surface area contributed by atoms with Gasteiger partial charge in [0.1, 0.15) is 6.54 Å². The standard InChI is InChI=1S/C18H20BrN3O5S/c1-12-4-7-15(20-17(23)11-22(2)18(24)27-3)10-16(12)28(25,26)21-14-8-5-13(19)6-9-14/h4-10,21H,11H2,1-3H3,(H,20,23). The molecular weight excluding hydrogens is 450 g/mol. The molecule has 0 spiro atoms. The molecule has 0 heterocycles. The number of hydrogen-bond acceptors (Lipinski definition) is 5. The maximum Gasteiger partial charge on any atom is 0.409 e. The first-order chi connectivity index (χ1) is 13.1. The average Bonchev–Trinajstić information content (AvgIpc) is 2.64. The van der Waals surface area contributed by atoms with Crippen LogP contribution in [0.3, 0.4) is 0 Å². The molecule has 0 aromatic heterocycles. The highest BCUT2D eigenvalue weighted by Gasteiger charge is 2.19. The summed E-state index contributed by atoms with van der Waals surface area (Å²) in [6.07, 6.45) is -0.652. The van der Waals surface area contributed by atoms with E-state index < -0.39 is 22.0 Å². The summed E-state index contributed by atoms with van der Waals surface area (Å²) in [5.41, 5.74) is 1.23. The number of methoxy groups -OCH3 is 1. The molecule has 0 fully saturated rings. The van der Waals surface area contributed by atoms with Crippen molar-refractivity contribution in [3.8, 4) is 0 Å². The topological polar surface area (TPSA) is 105 Å². The molecular formula is C18H20BrN3O5S. The van der Waals surface area contributed by atoms with Crippen LogP contribution in [0.15, 0.2) is 51.8 Å². The number of hydrogen-bond donors (Lipinski definition) is 2. The van der Waals surface area contributed by atoms with Crippen LogP contribution in [0, 0.1) is 6.92 Å². The minimum absolute atomic E-state index is 0.0366. The van der Waals surface area contributed by atoms with E-state index in [0.717, 1.165) is 9.37 Å². The number of ether oxygens (including phenoxy) is 1. The van der Waals surface area contributed by atoms with E-state index in [1.165, 1.54) is 20.2 Å². The van der Waals surface area contributed by atoms with Gasteiger partial charge in [-0.3, -0.25) is 9.52 Å². The molecule has 2 aromatic carbocycles. The van der Waals surface area contributed by atoms with Crippen LogP contribution in [-0.4, -0.2) is 46.0 Å². The molecule has 0 saturated carbocycles. The average molecular weight is 470 g/mol. The largest absolute Gasteiger partial charge is 0.453 e. The summed E-state index contributed by atoms with van der Waals surface area (Å²) in [6, 6.07) is 11.3. The quantitative estimate of drug-likeness (QED) is 0.675. The molecule has 2 rings (SSSR count). The number of halogens is 1. The van der Waals surface area contributed by atoms with Crippen molar-refractivity contribution >= 4 is 49.3 Å². The molecule has 0 bridgehead atoms. The molecule has 0 unspecified atom stereocenters. The summed E-state index contributed by atoms with van der Waals surface area (Å²) in [5, 5.41) is 2.58. The number of aryl methyl sites for hydroxylation is 1. The summed E-state index contributed by atoms with van der Waals surface area (Å²) in [4.78, 5) is 24.6. The highest BCUT2D eigenvalue weighted by Crippen LogP contribution is 2.24. The summed E-state index contributed by atoms with van der Waals surface area (Å²) in [6.45, 7) is 1.42. The molecule has 0 aliphatic carbocycles. The van der Waals surface area contributed by atoms with E-state index in [1.54, 1.807) is 43.3 Å². The molecule has 150 valence electrons. The van der Waals surface area contributed by atoms with Gasteiger partial charge in [0, 0.05) is 22.9 Å². The van der Waals surface area contributed by atoms with Crippen LogP contribution in [0.4, 0.5) is 16.2 Å². The first-order valence-electron chi connectivity index (χ1n) is 8.10. The van der Waals surface area contributed by atoms with Gasteiger partial charge >= 0.3 is 6.09 Å². The van der Waals surface area contributed by atoms with Gasteiger partial charge in [-0.05, 0) is 48.9 Å². The SMILES string of the molecule is COC(=O)N(C)CC(=O)Nc1ccc(C)c(S(=O)(=O)Nc2ccc(Br)cc2)c1. The Kier molecular flexibility index (Phi) is 7.03. The Labute approximate surface area is 172 Å². The van der Waals surface area contributed by atoms with Crippen LogP contribution in [0.25, 0.3) is 0 Å². The van der Waals surface area contributed by atoms with Crippen molar-refractivity contribution in [3.63, 3.8) is 0 Å². The third kappa shape index (κ3) is 5.70. The predicted molar refractivity (Wildman–Crippen MR) is 110 cm³/mol. The highest BCUT2D eigenvalue weighted by molar-refractivity contribution is 9.10. The fourth-order valence-corrected chi connectivity index (χ4v) is 3.93. The van der Waals surface area contributed by atoms with E-state index in [0.29, 0.717) is 16.9 Å². The van der Waals surface area contributed by atoms with Crippen LogP contribution >= 0.6 is 15.9 Å². The Balaban J connectivity index is 2.18. The lowest BCUT2D eigenvalue weighted by Crippen LogP contribution is -2.34. The van der Waals surface area contributed by atoms with Crippen LogP contribution in [0.5, 0.6) is 0 Å². The number of nitrogens with one attached hydrogen (secondary N) is 2. The van der Waals surface area contributed by atoms with Gasteiger partial charge in [-0.25, -0.2) is 13.2 Å². The van der Waals surface area contributed by atoms with Gasteiger partial charge in [0.25, 0.3) is 10.0 Å². The predicted octanol–water partition coefficient (Wildman–Crippen LogP) is 3.20. The summed E-state index contributed by atoms with van der Waals surface area (Å²) in [5.74, 6) is -0.485. The molecule has 0 saturated heterocycles. The molecule has 0 atom stereocenters. The Morgan fingerprint density at radius 1 is 1.11 bits per heavy atom. The Morgan fingerprint density at radius 3 is 2.32 bits per heavy atom. The summed E-state index contributed by atoms with van der Waals surface area (Å²) < 4.78 is 33.3. The summed E-state index contributed by atoms with van der Waals surface area (Å²) in [7, 11) is -1.23. The number of likely N-dealkylation sites (N-methyl/N-ethyl adjacent to an activating group) is 1. The number of rotatable bonds is 6. The van der Waals surface area contributed by atoms with Crippen molar-refractivity contribution in [2.75, 3.05) is 30.7 Å². The van der Waals surface area contributed by atoms with Crippen molar-refractivity contribution in [3.05, 3.63) is 52.5 Å². The van der Waals surface area contributed by atoms with E-state index >= 15 is 0 Å². The second-order valence-corrected chi connectivity index (χ2v) is 8.53. The number of anilines is 2. The van der Waals surface area contributed by atoms with Crippen LogP contribution in [0.1, 0.15) is 5.56 Å². The maximum absolute atomic E-state index is 12.7. The Bertz CT molecular complexity index is 977. The number of benzene rings is 2. The molecule has 0 aliphatic heterocycles. The minimum Gasteiger partial charge on any atom is -0.453 e. The van der Waals surface area contributed by atoms with Crippen molar-refractivity contribution in [2.24, 2.45) is 0 Å². The molecule has 2 aromatic rings. The van der Waals surface area contributed by atoms with Crippen LogP contribution < -0.4 is 10.0 Å². The Morgan fingerprint density at radius 2 is 1.71 bits per heavy atom. The fourth-order valence-electron chi connectivity index (χ4n) is 2.33. The van der Waals surface area contributed by atoms with Crippen molar-refractivity contribution in [1.82, 2.24) is 4.90 Å². The van der Waals surface area contributed by atoms with Gasteiger partial charge < -0.3 is 15.0 Å². The second kappa shape index (κ2) is 9.07. The van der Waals surface area contributed by atoms with Gasteiger partial charge in [0.2, 0.25) is 5.91 Å². The number of amides is 2. The zero-order chi connectivity index (χ0) is 20.9. The molecule has 8 nitrogen and oxygen atoms in total. The lowest BCUT2D eigenvalue weighted by Gasteiger charge is -2.16. The van der Waals surface area contributed by atoms with Gasteiger partial charge in [0.05, 0.1) is 12.0 Å². The highest BCUT2D eigenvalue weighted by atomic mass is 79.9. The third-order valence-corrected chi connectivity index (χ3v) is 5.78. The van der Waals surface area contributed by atoms with Gasteiger partial charge in [-0.2, -0.15) is 0 Å². The lowest BCUT2D eigenvalue weighted by atomic mass is 10.2. The molecule has 0 radical (unpaired) electrons. The third-order valence-electron chi connectivity index (χ3n) is 3.72. The zero-order valence-corrected chi connectivity index (χ0v) is 17.9. The van der Waals surface area contributed by atoms with Crippen molar-refractivity contribution in [2.45, 2.75) is 11.8 Å². The zero-order valence-electron chi connectivity index (χ0n) is 15.5. The van der Waals surface area contributed by atoms with Gasteiger partial charge in [-0.1, -0.05) is 22.0 Å². The van der Waals surface area contributed by atoms with Crippen molar-refractivity contribution < 1.29 is 22.7 Å². The normalized spacial score (nSPS) is 10.9. The minimum atomic E-state index is -3.86. The van der Waals surface area contributed by atoms with E-state index in [-0.39, 0.29) is 11.4 Å². The monoisotopic (exact) mass is 469 g/mol. The molecule has 2 N–H and O–H groups in total. The lowest BCUT2D eigenvalue weighted by molar-refractivity contribution is -0.116. The van der Waals surface area contributed by atoms with Gasteiger partial charge in [0.15, 0.2) is 0 Å². The number of carbonyl (C=O) groups is 2. The van der Waals surface area contributed by atoms with E-state index in [4.69, 9.17) is 0 Å². The number of carbonyl (C=O) groups excluding carboxylic acids is 2.